The van der Waals surface area contributed by atoms with E-state index in [1.54, 1.807) is 23.5 Å². The molecule has 0 amide bonds. The van der Waals surface area contributed by atoms with E-state index in [1.165, 1.54) is 37.0 Å². The number of hydrogen-bond acceptors (Lipinski definition) is 2. The number of benzene rings is 3. The topological polar surface area (TPSA) is 0 Å². The molecule has 2 aliphatic heterocycles. The Morgan fingerprint density at radius 3 is 2.19 bits per heavy atom. The van der Waals surface area contributed by atoms with E-state index in [2.05, 4.69) is 121 Å². The molecule has 0 spiro atoms. The first-order chi connectivity index (χ1) is 15.8. The van der Waals surface area contributed by atoms with Crippen LogP contribution in [0.15, 0.2) is 131 Å². The number of alkyl halides is 1. The molecule has 3 aromatic rings. The second-order valence-corrected chi connectivity index (χ2v) is 10.4. The van der Waals surface area contributed by atoms with E-state index >= 15 is 0 Å². The number of hydrogen-bond donors (Lipinski definition) is 0. The minimum absolute atomic E-state index is 0.0752. The summed E-state index contributed by atoms with van der Waals surface area (Å²) < 4.78 is -0.0752. The van der Waals surface area contributed by atoms with Crippen molar-refractivity contribution in [2.45, 2.75) is 9.60 Å². The minimum atomic E-state index is -0.0752. The zero-order chi connectivity index (χ0) is 21.8. The molecule has 32 heavy (non-hydrogen) atoms. The van der Waals surface area contributed by atoms with Gasteiger partial charge < -0.3 is 0 Å². The summed E-state index contributed by atoms with van der Waals surface area (Å²) in [7, 11) is 0. The fourth-order valence-electron chi connectivity index (χ4n) is 3.66. The Morgan fingerprint density at radius 1 is 0.719 bits per heavy atom. The Hall–Kier alpha value is -2.65. The predicted molar refractivity (Wildman–Crippen MR) is 144 cm³/mol. The van der Waals surface area contributed by atoms with Crippen molar-refractivity contribution in [2.24, 2.45) is 0 Å². The minimum Gasteiger partial charge on any atom is -0.105 e. The molecule has 0 bridgehead atoms. The lowest BCUT2D eigenvalue weighted by Gasteiger charge is -2.18. The maximum atomic E-state index is 6.63. The van der Waals surface area contributed by atoms with Crippen LogP contribution in [0, 0.1) is 0 Å². The van der Waals surface area contributed by atoms with Crippen LogP contribution < -0.4 is 0 Å². The molecule has 156 valence electrons. The first kappa shape index (κ1) is 21.2. The molecular weight excluding hydrogens is 448 g/mol. The fraction of sp³-hybridized carbons (Fsp3) is 0.0345. The van der Waals surface area contributed by atoms with Crippen molar-refractivity contribution >= 4 is 51.7 Å². The van der Waals surface area contributed by atoms with Gasteiger partial charge in [-0.15, -0.1) is 23.4 Å². The predicted octanol–water partition coefficient (Wildman–Crippen LogP) is 9.05. The van der Waals surface area contributed by atoms with E-state index in [0.29, 0.717) is 0 Å². The van der Waals surface area contributed by atoms with Crippen LogP contribution in [0.1, 0.15) is 16.7 Å². The normalized spacial score (nSPS) is 19.3. The maximum absolute atomic E-state index is 6.63. The van der Waals surface area contributed by atoms with Crippen LogP contribution in [0.5, 0.6) is 0 Å². The zero-order valence-electron chi connectivity index (χ0n) is 17.3. The molecule has 0 saturated carbocycles. The van der Waals surface area contributed by atoms with Gasteiger partial charge in [0.25, 0.3) is 0 Å². The Balaban J connectivity index is 1.45. The lowest BCUT2D eigenvalue weighted by Crippen LogP contribution is -2.01. The van der Waals surface area contributed by atoms with E-state index < -0.39 is 0 Å². The average molecular weight is 469 g/mol. The van der Waals surface area contributed by atoms with Gasteiger partial charge in [0.05, 0.1) is 0 Å². The SMILES string of the molecule is ClC1Sc2ccccc2C=C1C=CC=C1C=C(c2ccccc2)C=C(c2ccccc2)S1. The first-order valence-electron chi connectivity index (χ1n) is 10.5. The van der Waals surface area contributed by atoms with Gasteiger partial charge in [0.15, 0.2) is 0 Å². The van der Waals surface area contributed by atoms with E-state index in [4.69, 9.17) is 11.6 Å². The largest absolute Gasteiger partial charge is 0.108 e. The van der Waals surface area contributed by atoms with Gasteiger partial charge in [-0.25, -0.2) is 0 Å². The first-order valence-corrected chi connectivity index (χ1v) is 12.6. The van der Waals surface area contributed by atoms with Crippen LogP contribution in [0.3, 0.4) is 0 Å². The van der Waals surface area contributed by atoms with E-state index in [0.717, 1.165) is 5.57 Å². The quantitative estimate of drug-likeness (QED) is 0.350. The van der Waals surface area contributed by atoms with E-state index in [-0.39, 0.29) is 4.71 Å². The number of thioether (sulfide) groups is 2. The molecule has 3 aromatic carbocycles. The monoisotopic (exact) mass is 468 g/mol. The van der Waals surface area contributed by atoms with Gasteiger partial charge in [0.2, 0.25) is 0 Å². The summed E-state index contributed by atoms with van der Waals surface area (Å²) in [4.78, 5) is 3.69. The number of rotatable bonds is 4. The third kappa shape index (κ3) is 4.88. The third-order valence-electron chi connectivity index (χ3n) is 5.26. The maximum Gasteiger partial charge on any atom is 0.108 e. The third-order valence-corrected chi connectivity index (χ3v) is 7.95. The molecule has 1 atom stereocenters. The Labute approximate surface area is 203 Å². The molecule has 0 aromatic heterocycles. The van der Waals surface area contributed by atoms with Gasteiger partial charge in [-0.3, -0.25) is 0 Å². The van der Waals surface area contributed by atoms with Crippen LogP contribution in [-0.2, 0) is 0 Å². The summed E-state index contributed by atoms with van der Waals surface area (Å²) in [6, 6.07) is 29.5. The second kappa shape index (κ2) is 9.87. The van der Waals surface area contributed by atoms with Crippen LogP contribution in [0.2, 0.25) is 0 Å². The van der Waals surface area contributed by atoms with Crippen molar-refractivity contribution in [3.8, 4) is 0 Å². The summed E-state index contributed by atoms with van der Waals surface area (Å²) >= 11 is 10.1. The molecule has 5 rings (SSSR count). The Morgan fingerprint density at radius 2 is 1.41 bits per heavy atom. The molecule has 1 unspecified atom stereocenters. The summed E-state index contributed by atoms with van der Waals surface area (Å²) in [5.41, 5.74) is 6.03. The van der Waals surface area contributed by atoms with Gasteiger partial charge >= 0.3 is 0 Å². The number of halogens is 1. The Bertz CT molecular complexity index is 1260. The number of fused-ring (bicyclic) bond motifs is 1. The molecule has 0 N–H and O–H groups in total. The van der Waals surface area contributed by atoms with Crippen molar-refractivity contribution in [3.63, 3.8) is 0 Å². The molecular formula is C29H21ClS2. The molecule has 0 nitrogen and oxygen atoms in total. The van der Waals surface area contributed by atoms with Crippen LogP contribution in [0.25, 0.3) is 16.6 Å². The van der Waals surface area contributed by atoms with E-state index in [9.17, 15) is 0 Å². The van der Waals surface area contributed by atoms with Crippen molar-refractivity contribution in [3.05, 3.63) is 142 Å². The van der Waals surface area contributed by atoms with Gasteiger partial charge in [0.1, 0.15) is 4.71 Å². The molecule has 2 aliphatic rings. The van der Waals surface area contributed by atoms with Gasteiger partial charge in [-0.2, -0.15) is 0 Å². The van der Waals surface area contributed by atoms with Gasteiger partial charge in [-0.05, 0) is 58.2 Å². The molecule has 3 heteroatoms. The molecule has 0 fully saturated rings. The standard InChI is InChI=1S/C29H21ClS2/c30-29-24(18-23-14-7-8-17-27(23)32-29)15-9-16-26-19-25(21-10-3-1-4-11-21)20-28(31-26)22-12-5-2-6-13-22/h1-20,29H. The highest BCUT2D eigenvalue weighted by Gasteiger charge is 2.18. The molecule has 0 radical (unpaired) electrons. The second-order valence-electron chi connectivity index (χ2n) is 7.49. The lowest BCUT2D eigenvalue weighted by atomic mass is 10.0. The van der Waals surface area contributed by atoms with Crippen LogP contribution in [0.4, 0.5) is 0 Å². The van der Waals surface area contributed by atoms with Crippen molar-refractivity contribution in [1.29, 1.82) is 0 Å². The molecule has 0 aliphatic carbocycles. The van der Waals surface area contributed by atoms with Crippen LogP contribution in [-0.4, -0.2) is 4.71 Å². The summed E-state index contributed by atoms with van der Waals surface area (Å²) in [5, 5.41) is 0. The van der Waals surface area contributed by atoms with Crippen molar-refractivity contribution in [1.82, 2.24) is 0 Å². The number of allylic oxidation sites excluding steroid dienone is 6. The fourth-order valence-corrected chi connectivity index (χ4v) is 6.03. The highest BCUT2D eigenvalue weighted by Crippen LogP contribution is 2.42. The highest BCUT2D eigenvalue weighted by molar-refractivity contribution is 8.12. The summed E-state index contributed by atoms with van der Waals surface area (Å²) in [6.07, 6.45) is 13.2. The highest BCUT2D eigenvalue weighted by atomic mass is 35.5. The lowest BCUT2D eigenvalue weighted by molar-refractivity contribution is 1.34. The van der Waals surface area contributed by atoms with Crippen molar-refractivity contribution < 1.29 is 0 Å². The van der Waals surface area contributed by atoms with Gasteiger partial charge in [0, 0.05) is 14.7 Å². The average Bonchev–Trinajstić information content (AvgIpc) is 2.85. The van der Waals surface area contributed by atoms with Crippen LogP contribution >= 0.6 is 35.1 Å². The molecule has 2 heterocycles. The summed E-state index contributed by atoms with van der Waals surface area (Å²) in [5.74, 6) is 0. The van der Waals surface area contributed by atoms with E-state index in [1.807, 2.05) is 0 Å². The zero-order valence-corrected chi connectivity index (χ0v) is 19.7. The van der Waals surface area contributed by atoms with Crippen molar-refractivity contribution in [2.75, 3.05) is 0 Å². The smallest absolute Gasteiger partial charge is 0.105 e. The van der Waals surface area contributed by atoms with Gasteiger partial charge in [-0.1, -0.05) is 103 Å². The molecule has 0 saturated heterocycles. The Kier molecular flexibility index (Phi) is 6.54. The summed E-state index contributed by atoms with van der Waals surface area (Å²) in [6.45, 7) is 0.